The number of esters is 1. The van der Waals surface area contributed by atoms with Crippen molar-refractivity contribution in [3.63, 3.8) is 0 Å². The van der Waals surface area contributed by atoms with E-state index in [1.165, 1.54) is 7.11 Å². The van der Waals surface area contributed by atoms with Crippen molar-refractivity contribution in [3.8, 4) is 0 Å². The number of hydrogen-bond acceptors (Lipinski definition) is 5. The van der Waals surface area contributed by atoms with Gasteiger partial charge >= 0.3 is 5.97 Å². The first-order valence-electron chi connectivity index (χ1n) is 6.18. The van der Waals surface area contributed by atoms with Gasteiger partial charge in [0, 0.05) is 23.4 Å². The molecule has 0 aliphatic rings. The van der Waals surface area contributed by atoms with Gasteiger partial charge in [0.1, 0.15) is 6.04 Å². The highest BCUT2D eigenvalue weighted by molar-refractivity contribution is 5.80. The molecule has 8 heteroatoms. The first kappa shape index (κ1) is 16.8. The predicted molar refractivity (Wildman–Crippen MR) is 72.3 cm³/mol. The van der Waals surface area contributed by atoms with Crippen LogP contribution in [-0.2, 0) is 9.53 Å². The SMILES string of the molecule is COC(=O)C(Nc1ccc([N+](=O)[O-])cc1C(F)F)C(C)C. The van der Waals surface area contributed by atoms with Gasteiger partial charge in [0.25, 0.3) is 12.1 Å². The third-order valence-electron chi connectivity index (χ3n) is 2.91. The zero-order valence-electron chi connectivity index (χ0n) is 11.8. The number of carbonyl (C=O) groups excluding carboxylic acids is 1. The van der Waals surface area contributed by atoms with Crippen molar-refractivity contribution in [3.05, 3.63) is 33.9 Å². The van der Waals surface area contributed by atoms with E-state index in [1.807, 2.05) is 0 Å². The molecule has 0 radical (unpaired) electrons. The lowest BCUT2D eigenvalue weighted by Gasteiger charge is -2.22. The van der Waals surface area contributed by atoms with Crippen molar-refractivity contribution < 1.29 is 23.2 Å². The molecule has 1 aromatic carbocycles. The Labute approximate surface area is 120 Å². The van der Waals surface area contributed by atoms with Gasteiger partial charge in [-0.25, -0.2) is 13.6 Å². The Morgan fingerprint density at radius 1 is 1.38 bits per heavy atom. The molecule has 1 rings (SSSR count). The molecule has 0 aliphatic heterocycles. The molecule has 0 bridgehead atoms. The maximum atomic E-state index is 13.0. The summed E-state index contributed by atoms with van der Waals surface area (Å²) in [5, 5.41) is 13.3. The second-order valence-corrected chi connectivity index (χ2v) is 4.72. The van der Waals surface area contributed by atoms with E-state index in [0.29, 0.717) is 0 Å². The van der Waals surface area contributed by atoms with E-state index in [0.717, 1.165) is 18.2 Å². The van der Waals surface area contributed by atoms with Crippen molar-refractivity contribution >= 4 is 17.3 Å². The van der Waals surface area contributed by atoms with Gasteiger partial charge in [-0.15, -0.1) is 0 Å². The van der Waals surface area contributed by atoms with Crippen LogP contribution in [0, 0.1) is 16.0 Å². The quantitative estimate of drug-likeness (QED) is 0.496. The Balaban J connectivity index is 3.17. The van der Waals surface area contributed by atoms with E-state index in [1.54, 1.807) is 13.8 Å². The standard InChI is InChI=1S/C13H16F2N2O4/c1-7(2)11(13(18)21-3)16-10-5-4-8(17(19)20)6-9(10)12(14)15/h4-7,11-12,16H,1-3H3. The lowest BCUT2D eigenvalue weighted by molar-refractivity contribution is -0.385. The first-order valence-corrected chi connectivity index (χ1v) is 6.18. The molecular formula is C13H16F2N2O4. The summed E-state index contributed by atoms with van der Waals surface area (Å²) in [7, 11) is 1.20. The van der Waals surface area contributed by atoms with E-state index in [4.69, 9.17) is 0 Å². The molecule has 0 aromatic heterocycles. The van der Waals surface area contributed by atoms with Crippen molar-refractivity contribution in [2.45, 2.75) is 26.3 Å². The van der Waals surface area contributed by atoms with Gasteiger partial charge in [0.15, 0.2) is 0 Å². The normalized spacial score (nSPS) is 12.3. The number of carbonyl (C=O) groups is 1. The zero-order chi connectivity index (χ0) is 16.2. The number of ether oxygens (including phenoxy) is 1. The summed E-state index contributed by atoms with van der Waals surface area (Å²) < 4.78 is 30.7. The van der Waals surface area contributed by atoms with E-state index in [2.05, 4.69) is 10.1 Å². The Morgan fingerprint density at radius 3 is 2.43 bits per heavy atom. The first-order chi connectivity index (χ1) is 9.77. The number of anilines is 1. The van der Waals surface area contributed by atoms with Crippen LogP contribution >= 0.6 is 0 Å². The highest BCUT2D eigenvalue weighted by Gasteiger charge is 2.26. The number of nitrogens with zero attached hydrogens (tertiary/aromatic N) is 1. The van der Waals surface area contributed by atoms with Gasteiger partial charge in [-0.3, -0.25) is 10.1 Å². The zero-order valence-corrected chi connectivity index (χ0v) is 11.8. The smallest absolute Gasteiger partial charge is 0.328 e. The average Bonchev–Trinajstić information content (AvgIpc) is 2.43. The number of rotatable bonds is 6. The van der Waals surface area contributed by atoms with Crippen molar-refractivity contribution in [1.82, 2.24) is 0 Å². The van der Waals surface area contributed by atoms with Crippen LogP contribution < -0.4 is 5.32 Å². The van der Waals surface area contributed by atoms with Crippen LogP contribution in [0.4, 0.5) is 20.2 Å². The molecule has 0 saturated heterocycles. The summed E-state index contributed by atoms with van der Waals surface area (Å²) in [6, 6.07) is 2.23. The summed E-state index contributed by atoms with van der Waals surface area (Å²) in [4.78, 5) is 21.5. The molecule has 116 valence electrons. The largest absolute Gasteiger partial charge is 0.467 e. The molecule has 0 fully saturated rings. The van der Waals surface area contributed by atoms with Gasteiger partial charge in [-0.2, -0.15) is 0 Å². The fourth-order valence-electron chi connectivity index (χ4n) is 1.77. The van der Waals surface area contributed by atoms with Crippen molar-refractivity contribution in [2.24, 2.45) is 5.92 Å². The van der Waals surface area contributed by atoms with Crippen molar-refractivity contribution in [2.75, 3.05) is 12.4 Å². The summed E-state index contributed by atoms with van der Waals surface area (Å²) >= 11 is 0. The fourth-order valence-corrected chi connectivity index (χ4v) is 1.77. The van der Waals surface area contributed by atoms with Crippen LogP contribution in [0.1, 0.15) is 25.8 Å². The molecule has 0 spiro atoms. The molecule has 1 aromatic rings. The summed E-state index contributed by atoms with van der Waals surface area (Å²) in [6.45, 7) is 3.45. The molecule has 0 aliphatic carbocycles. The molecule has 21 heavy (non-hydrogen) atoms. The van der Waals surface area contributed by atoms with Crippen molar-refractivity contribution in [1.29, 1.82) is 0 Å². The molecule has 1 unspecified atom stereocenters. The third kappa shape index (κ3) is 4.11. The third-order valence-corrected chi connectivity index (χ3v) is 2.91. The average molecular weight is 302 g/mol. The summed E-state index contributed by atoms with van der Waals surface area (Å²) in [5.74, 6) is -0.804. The number of non-ortho nitro benzene ring substituents is 1. The number of nitrogens with one attached hydrogen (secondary N) is 1. The van der Waals surface area contributed by atoms with Crippen LogP contribution in [-0.4, -0.2) is 24.0 Å². The number of halogens is 2. The second-order valence-electron chi connectivity index (χ2n) is 4.72. The minimum absolute atomic E-state index is 0.0281. The highest BCUT2D eigenvalue weighted by atomic mass is 19.3. The Bertz CT molecular complexity index is 535. The predicted octanol–water partition coefficient (Wildman–Crippen LogP) is 3.14. The van der Waals surface area contributed by atoms with Gasteiger partial charge in [-0.1, -0.05) is 13.8 Å². The summed E-state index contributed by atoms with van der Waals surface area (Å²) in [5.41, 5.74) is -0.992. The topological polar surface area (TPSA) is 81.5 Å². The molecule has 0 amide bonds. The van der Waals surface area contributed by atoms with Crippen LogP contribution in [0.15, 0.2) is 18.2 Å². The molecule has 6 nitrogen and oxygen atoms in total. The minimum atomic E-state index is -2.90. The Hall–Kier alpha value is -2.25. The van der Waals surface area contributed by atoms with Gasteiger partial charge < -0.3 is 10.1 Å². The van der Waals surface area contributed by atoms with Crippen LogP contribution in [0.3, 0.4) is 0 Å². The lowest BCUT2D eigenvalue weighted by Crippen LogP contribution is -2.35. The molecule has 0 saturated carbocycles. The van der Waals surface area contributed by atoms with Crippen LogP contribution in [0.25, 0.3) is 0 Å². The molecule has 1 N–H and O–H groups in total. The number of nitro groups is 1. The van der Waals surface area contributed by atoms with Gasteiger partial charge in [0.2, 0.25) is 0 Å². The molecular weight excluding hydrogens is 286 g/mol. The maximum absolute atomic E-state index is 13.0. The molecule has 1 atom stereocenters. The number of alkyl halides is 2. The van der Waals surface area contributed by atoms with E-state index < -0.39 is 34.6 Å². The van der Waals surface area contributed by atoms with E-state index >= 15 is 0 Å². The second kappa shape index (κ2) is 6.96. The maximum Gasteiger partial charge on any atom is 0.328 e. The highest BCUT2D eigenvalue weighted by Crippen LogP contribution is 2.31. The van der Waals surface area contributed by atoms with E-state index in [9.17, 15) is 23.7 Å². The van der Waals surface area contributed by atoms with Gasteiger partial charge in [-0.05, 0) is 12.0 Å². The van der Waals surface area contributed by atoms with Crippen LogP contribution in [0.2, 0.25) is 0 Å². The number of benzene rings is 1. The van der Waals surface area contributed by atoms with E-state index in [-0.39, 0.29) is 11.6 Å². The van der Waals surface area contributed by atoms with Gasteiger partial charge in [0.05, 0.1) is 12.0 Å². The monoisotopic (exact) mass is 302 g/mol. The van der Waals surface area contributed by atoms with Crippen LogP contribution in [0.5, 0.6) is 0 Å². The lowest BCUT2D eigenvalue weighted by atomic mass is 10.0. The molecule has 0 heterocycles. The number of nitro benzene ring substituents is 1. The number of hydrogen-bond donors (Lipinski definition) is 1. The number of methoxy groups -OCH3 is 1. The summed E-state index contributed by atoms with van der Waals surface area (Å²) in [6.07, 6.45) is -2.90. The Morgan fingerprint density at radius 2 is 2.00 bits per heavy atom. The minimum Gasteiger partial charge on any atom is -0.467 e. The fraction of sp³-hybridized carbons (Fsp3) is 0.462. The Kier molecular flexibility index (Phi) is 5.57.